The fraction of sp³-hybridized carbons (Fsp3) is 0.417. The summed E-state index contributed by atoms with van der Waals surface area (Å²) >= 11 is 1.56. The number of thiazole rings is 1. The standard InChI is InChI=1S/C12H15N3S.2BrH/c1-2-7-8-5-11-10(15-12(14)16-11)4-6(8)3-9(7)13;;/h4-5,7,9H,2-3,13H2,1H3,(H2,14,15);2*1H. The quantitative estimate of drug-likeness (QED) is 0.778. The summed E-state index contributed by atoms with van der Waals surface area (Å²) in [6.07, 6.45) is 2.08. The van der Waals surface area contributed by atoms with Crippen molar-refractivity contribution in [2.75, 3.05) is 5.73 Å². The minimum atomic E-state index is 0. The smallest absolute Gasteiger partial charge is 0.181 e. The first-order valence-corrected chi connectivity index (χ1v) is 6.45. The first kappa shape index (κ1) is 15.9. The third kappa shape index (κ3) is 2.43. The monoisotopic (exact) mass is 393 g/mol. The average molecular weight is 395 g/mol. The topological polar surface area (TPSA) is 64.9 Å². The average Bonchev–Trinajstić information content (AvgIpc) is 2.71. The van der Waals surface area contributed by atoms with E-state index in [0.717, 1.165) is 18.4 Å². The van der Waals surface area contributed by atoms with Gasteiger partial charge in [0.2, 0.25) is 0 Å². The highest BCUT2D eigenvalue weighted by atomic mass is 79.9. The maximum Gasteiger partial charge on any atom is 0.181 e. The molecule has 1 aromatic carbocycles. The van der Waals surface area contributed by atoms with Gasteiger partial charge in [0.25, 0.3) is 0 Å². The van der Waals surface area contributed by atoms with Crippen LogP contribution in [0.3, 0.4) is 0 Å². The van der Waals surface area contributed by atoms with Crippen LogP contribution in [0.25, 0.3) is 10.2 Å². The number of nitrogen functional groups attached to an aromatic ring is 1. The van der Waals surface area contributed by atoms with E-state index in [4.69, 9.17) is 11.5 Å². The van der Waals surface area contributed by atoms with Gasteiger partial charge in [0.05, 0.1) is 10.2 Å². The van der Waals surface area contributed by atoms with Crippen LogP contribution >= 0.6 is 45.3 Å². The number of fused-ring (bicyclic) bond motifs is 2. The minimum absolute atomic E-state index is 0. The van der Waals surface area contributed by atoms with Gasteiger partial charge in [-0.25, -0.2) is 4.98 Å². The van der Waals surface area contributed by atoms with Gasteiger partial charge in [0, 0.05) is 6.04 Å². The second kappa shape index (κ2) is 5.86. The largest absolute Gasteiger partial charge is 0.375 e. The Hall–Kier alpha value is -0.170. The molecule has 2 atom stereocenters. The Balaban J connectivity index is 0.000000810. The van der Waals surface area contributed by atoms with Crippen molar-refractivity contribution in [2.24, 2.45) is 5.73 Å². The molecule has 2 aromatic rings. The molecule has 1 aromatic heterocycles. The number of nitrogens with two attached hydrogens (primary N) is 2. The second-order valence-electron chi connectivity index (χ2n) is 4.45. The van der Waals surface area contributed by atoms with E-state index in [1.54, 1.807) is 11.3 Å². The van der Waals surface area contributed by atoms with Gasteiger partial charge < -0.3 is 11.5 Å². The van der Waals surface area contributed by atoms with Crippen molar-refractivity contribution in [3.05, 3.63) is 23.3 Å². The molecule has 6 heteroatoms. The third-order valence-corrected chi connectivity index (χ3v) is 4.33. The van der Waals surface area contributed by atoms with Gasteiger partial charge in [0.1, 0.15) is 0 Å². The summed E-state index contributed by atoms with van der Waals surface area (Å²) in [7, 11) is 0. The molecule has 0 bridgehead atoms. The van der Waals surface area contributed by atoms with Crippen LogP contribution in [0.4, 0.5) is 5.13 Å². The van der Waals surface area contributed by atoms with Crippen molar-refractivity contribution >= 4 is 60.6 Å². The molecule has 1 heterocycles. The Labute approximate surface area is 131 Å². The number of halogens is 2. The van der Waals surface area contributed by atoms with Crippen LogP contribution in [0.15, 0.2) is 12.1 Å². The summed E-state index contributed by atoms with van der Waals surface area (Å²) in [5.41, 5.74) is 15.7. The summed E-state index contributed by atoms with van der Waals surface area (Å²) in [4.78, 5) is 4.32. The van der Waals surface area contributed by atoms with Crippen molar-refractivity contribution in [3.8, 4) is 0 Å². The fourth-order valence-corrected chi connectivity index (χ4v) is 3.49. The maximum atomic E-state index is 6.16. The lowest BCUT2D eigenvalue weighted by Gasteiger charge is -2.13. The molecule has 0 fully saturated rings. The van der Waals surface area contributed by atoms with E-state index in [9.17, 15) is 0 Å². The first-order valence-electron chi connectivity index (χ1n) is 5.63. The zero-order valence-corrected chi connectivity index (χ0v) is 14.3. The Morgan fingerprint density at radius 1 is 1.39 bits per heavy atom. The third-order valence-electron chi connectivity index (χ3n) is 3.48. The van der Waals surface area contributed by atoms with Gasteiger partial charge in [-0.05, 0) is 42.0 Å². The first-order chi connectivity index (χ1) is 7.69. The molecule has 100 valence electrons. The summed E-state index contributed by atoms with van der Waals surface area (Å²) in [5, 5.41) is 0.649. The minimum Gasteiger partial charge on any atom is -0.375 e. The number of rotatable bonds is 1. The number of aromatic nitrogens is 1. The molecule has 0 radical (unpaired) electrons. The SMILES string of the molecule is Br.Br.CCC1c2cc3sc(N)nc3cc2CC1N. The zero-order valence-electron chi connectivity index (χ0n) is 10.1. The Bertz CT molecular complexity index is 555. The van der Waals surface area contributed by atoms with E-state index in [-0.39, 0.29) is 40.0 Å². The van der Waals surface area contributed by atoms with E-state index in [2.05, 4.69) is 24.0 Å². The van der Waals surface area contributed by atoms with E-state index in [0.29, 0.717) is 11.0 Å². The lowest BCUT2D eigenvalue weighted by atomic mass is 9.96. The number of nitrogens with zero attached hydrogens (tertiary/aromatic N) is 1. The molecule has 3 nitrogen and oxygen atoms in total. The van der Waals surface area contributed by atoms with Crippen LogP contribution in [0.5, 0.6) is 0 Å². The molecule has 1 aliphatic carbocycles. The molecular weight excluding hydrogens is 378 g/mol. The van der Waals surface area contributed by atoms with Crippen LogP contribution in [-0.4, -0.2) is 11.0 Å². The van der Waals surface area contributed by atoms with E-state index < -0.39 is 0 Å². The molecule has 3 rings (SSSR count). The molecular formula is C12H17Br2N3S. The number of anilines is 1. The number of hydrogen-bond donors (Lipinski definition) is 2. The normalized spacial score (nSPS) is 21.2. The second-order valence-corrected chi connectivity index (χ2v) is 5.52. The Morgan fingerprint density at radius 2 is 2.11 bits per heavy atom. The lowest BCUT2D eigenvalue weighted by molar-refractivity contribution is 0.559. The molecule has 1 aliphatic rings. The molecule has 18 heavy (non-hydrogen) atoms. The predicted octanol–water partition coefficient (Wildman–Crippen LogP) is 3.41. The molecule has 0 saturated carbocycles. The number of benzene rings is 1. The molecule has 0 spiro atoms. The van der Waals surface area contributed by atoms with E-state index in [1.165, 1.54) is 15.8 Å². The molecule has 0 amide bonds. The summed E-state index contributed by atoms with van der Waals surface area (Å²) in [6, 6.07) is 4.67. The van der Waals surface area contributed by atoms with Gasteiger partial charge in [0.15, 0.2) is 5.13 Å². The molecule has 0 aliphatic heterocycles. The van der Waals surface area contributed by atoms with Crippen molar-refractivity contribution in [3.63, 3.8) is 0 Å². The van der Waals surface area contributed by atoms with Gasteiger partial charge in [-0.2, -0.15) is 0 Å². The molecule has 0 saturated heterocycles. The summed E-state index contributed by atoms with van der Waals surface area (Å²) in [5.74, 6) is 0.503. The van der Waals surface area contributed by atoms with Gasteiger partial charge in [-0.15, -0.1) is 34.0 Å². The lowest BCUT2D eigenvalue weighted by Crippen LogP contribution is -2.24. The van der Waals surface area contributed by atoms with Crippen molar-refractivity contribution in [2.45, 2.75) is 31.7 Å². The molecule has 2 unspecified atom stereocenters. The van der Waals surface area contributed by atoms with E-state index in [1.807, 2.05) is 0 Å². The summed E-state index contributed by atoms with van der Waals surface area (Å²) in [6.45, 7) is 2.20. The molecule has 4 N–H and O–H groups in total. The van der Waals surface area contributed by atoms with Crippen molar-refractivity contribution < 1.29 is 0 Å². The van der Waals surface area contributed by atoms with Gasteiger partial charge >= 0.3 is 0 Å². The van der Waals surface area contributed by atoms with E-state index >= 15 is 0 Å². The van der Waals surface area contributed by atoms with Gasteiger partial charge in [-0.3, -0.25) is 0 Å². The van der Waals surface area contributed by atoms with Crippen LogP contribution < -0.4 is 11.5 Å². The maximum absolute atomic E-state index is 6.16. The van der Waals surface area contributed by atoms with Gasteiger partial charge in [-0.1, -0.05) is 18.3 Å². The van der Waals surface area contributed by atoms with Crippen LogP contribution in [-0.2, 0) is 6.42 Å². The predicted molar refractivity (Wildman–Crippen MR) is 89.4 cm³/mol. The van der Waals surface area contributed by atoms with Crippen molar-refractivity contribution in [1.82, 2.24) is 4.98 Å². The van der Waals surface area contributed by atoms with Crippen molar-refractivity contribution in [1.29, 1.82) is 0 Å². The number of hydrogen-bond acceptors (Lipinski definition) is 4. The Morgan fingerprint density at radius 3 is 2.78 bits per heavy atom. The highest BCUT2D eigenvalue weighted by molar-refractivity contribution is 8.93. The van der Waals surface area contributed by atoms with Crippen LogP contribution in [0, 0.1) is 0 Å². The fourth-order valence-electron chi connectivity index (χ4n) is 2.72. The Kier molecular flexibility index (Phi) is 5.17. The highest BCUT2D eigenvalue weighted by Crippen LogP contribution is 2.38. The highest BCUT2D eigenvalue weighted by Gasteiger charge is 2.29. The zero-order chi connectivity index (χ0) is 11.3. The van der Waals surface area contributed by atoms with Crippen LogP contribution in [0.1, 0.15) is 30.4 Å². The summed E-state index contributed by atoms with van der Waals surface area (Å²) < 4.78 is 1.18. The van der Waals surface area contributed by atoms with Crippen LogP contribution in [0.2, 0.25) is 0 Å².